The van der Waals surface area contributed by atoms with Crippen LogP contribution in [-0.4, -0.2) is 77.2 Å². The van der Waals surface area contributed by atoms with Gasteiger partial charge in [0.25, 0.3) is 5.91 Å². The predicted molar refractivity (Wildman–Crippen MR) is 170 cm³/mol. The molecule has 2 aromatic carbocycles. The van der Waals surface area contributed by atoms with Gasteiger partial charge in [-0.05, 0) is 43.4 Å². The standard InChI is InChI=1S/C36H41N3O7/c1-4-25(20-40)39-32-35(44)38(31-22(2)12-10-13-23(31)3)19-11-18-36(32)30(34(39)43)29-27(46-36)16-8-9-17-28(41)45-21-26(37-33(29)42)24-14-6-5-7-15-24/h5-8,10-16,18,25-27,29-30,32,40H,4,9,17,19-21H2,1-3H3,(H,37,42)/b16-8-/t25-,26+,27-,29+,30+,32-,36+/m0/s1. The van der Waals surface area contributed by atoms with Crippen molar-refractivity contribution in [2.45, 2.75) is 69.9 Å². The number of rotatable bonds is 5. The number of fused-ring (bicyclic) bond motifs is 2. The molecule has 0 aromatic heterocycles. The van der Waals surface area contributed by atoms with Gasteiger partial charge in [-0.25, -0.2) is 0 Å². The zero-order valence-corrected chi connectivity index (χ0v) is 26.4. The number of aliphatic hydroxyl groups is 1. The summed E-state index contributed by atoms with van der Waals surface area (Å²) >= 11 is 0. The number of hydrogen-bond donors (Lipinski definition) is 2. The Morgan fingerprint density at radius 2 is 1.74 bits per heavy atom. The average Bonchev–Trinajstić information content (AvgIpc) is 3.44. The molecule has 10 nitrogen and oxygen atoms in total. The minimum absolute atomic E-state index is 0.0689. The van der Waals surface area contributed by atoms with E-state index >= 15 is 0 Å². The van der Waals surface area contributed by atoms with E-state index in [0.29, 0.717) is 12.8 Å². The van der Waals surface area contributed by atoms with Crippen molar-refractivity contribution >= 4 is 29.4 Å². The summed E-state index contributed by atoms with van der Waals surface area (Å²) in [4.78, 5) is 59.5. The van der Waals surface area contributed by atoms with E-state index in [0.717, 1.165) is 22.4 Å². The number of allylic oxidation sites excluding steroid dienone is 1. The lowest BCUT2D eigenvalue weighted by Gasteiger charge is -2.38. The van der Waals surface area contributed by atoms with Crippen LogP contribution in [0.1, 0.15) is 48.9 Å². The highest BCUT2D eigenvalue weighted by Crippen LogP contribution is 2.54. The topological polar surface area (TPSA) is 125 Å². The third-order valence-electron chi connectivity index (χ3n) is 9.79. The first-order chi connectivity index (χ1) is 22.2. The summed E-state index contributed by atoms with van der Waals surface area (Å²) in [6, 6.07) is 12.6. The van der Waals surface area contributed by atoms with E-state index in [-0.39, 0.29) is 38.1 Å². The first-order valence-electron chi connectivity index (χ1n) is 16.1. The van der Waals surface area contributed by atoms with Crippen LogP contribution >= 0.6 is 0 Å². The molecule has 7 atom stereocenters. The number of para-hydroxylation sites is 1. The quantitative estimate of drug-likeness (QED) is 0.385. The summed E-state index contributed by atoms with van der Waals surface area (Å²) in [5.41, 5.74) is 1.88. The van der Waals surface area contributed by atoms with Crippen molar-refractivity contribution in [3.8, 4) is 0 Å². The van der Waals surface area contributed by atoms with Crippen molar-refractivity contribution in [1.29, 1.82) is 0 Å². The number of cyclic esters (lactones) is 1. The van der Waals surface area contributed by atoms with Gasteiger partial charge in [0, 0.05) is 18.7 Å². The maximum absolute atomic E-state index is 14.8. The van der Waals surface area contributed by atoms with Crippen molar-refractivity contribution in [1.82, 2.24) is 10.2 Å². The van der Waals surface area contributed by atoms with Gasteiger partial charge < -0.3 is 29.7 Å². The molecule has 0 bridgehead atoms. The van der Waals surface area contributed by atoms with Gasteiger partial charge in [0.15, 0.2) is 0 Å². The number of carbonyl (C=O) groups excluding carboxylic acids is 4. The number of anilines is 1. The third-order valence-corrected chi connectivity index (χ3v) is 9.79. The summed E-state index contributed by atoms with van der Waals surface area (Å²) in [5.74, 6) is -3.58. The van der Waals surface area contributed by atoms with Gasteiger partial charge in [0.1, 0.15) is 18.2 Å². The van der Waals surface area contributed by atoms with Gasteiger partial charge in [-0.15, -0.1) is 0 Å². The monoisotopic (exact) mass is 627 g/mol. The number of hydrogen-bond acceptors (Lipinski definition) is 7. The smallest absolute Gasteiger partial charge is 0.306 e. The van der Waals surface area contributed by atoms with Gasteiger partial charge in [-0.3, -0.25) is 19.2 Å². The van der Waals surface area contributed by atoms with E-state index < -0.39 is 53.5 Å². The Bertz CT molecular complexity index is 1550. The third kappa shape index (κ3) is 5.33. The first-order valence-corrected chi connectivity index (χ1v) is 16.1. The summed E-state index contributed by atoms with van der Waals surface area (Å²) < 4.78 is 12.3. The summed E-state index contributed by atoms with van der Waals surface area (Å²) in [5, 5.41) is 13.5. The Morgan fingerprint density at radius 1 is 1.00 bits per heavy atom. The van der Waals surface area contributed by atoms with E-state index in [2.05, 4.69) is 5.32 Å². The number of amides is 3. The highest BCUT2D eigenvalue weighted by molar-refractivity contribution is 6.06. The van der Waals surface area contributed by atoms with Crippen LogP contribution in [0, 0.1) is 25.7 Å². The molecule has 1 spiro atoms. The fraction of sp³-hybridized carbons (Fsp3) is 0.444. The van der Waals surface area contributed by atoms with Crippen LogP contribution in [0.15, 0.2) is 72.8 Å². The van der Waals surface area contributed by atoms with Gasteiger partial charge in [-0.1, -0.05) is 79.8 Å². The molecule has 2 fully saturated rings. The van der Waals surface area contributed by atoms with Crippen LogP contribution in [0.4, 0.5) is 5.69 Å². The number of aliphatic hydroxyl groups excluding tert-OH is 1. The molecule has 4 heterocycles. The number of nitrogens with zero attached hydrogens (tertiary/aromatic N) is 2. The summed E-state index contributed by atoms with van der Waals surface area (Å²) in [7, 11) is 0. The molecular formula is C36H41N3O7. The van der Waals surface area contributed by atoms with E-state index in [9.17, 15) is 24.3 Å². The van der Waals surface area contributed by atoms with Crippen LogP contribution in [-0.2, 0) is 28.7 Å². The number of benzene rings is 2. The second kappa shape index (κ2) is 12.8. The van der Waals surface area contributed by atoms with Gasteiger partial charge in [0.2, 0.25) is 11.8 Å². The van der Waals surface area contributed by atoms with Crippen LogP contribution in [0.5, 0.6) is 0 Å². The molecule has 0 unspecified atom stereocenters. The van der Waals surface area contributed by atoms with E-state index in [1.54, 1.807) is 23.1 Å². The molecule has 4 aliphatic heterocycles. The van der Waals surface area contributed by atoms with Gasteiger partial charge in [-0.2, -0.15) is 0 Å². The first kappa shape index (κ1) is 31.7. The SMILES string of the molecule is CC[C@@H](CO)N1C(=O)[C@H]2[C@@H]3C(=O)N[C@@H](c4ccccc4)COC(=O)CC/C=C\[C@@H]3O[C@]23C=CCN(c2c(C)cccc2C)C(=O)[C@H]13. The van der Waals surface area contributed by atoms with E-state index in [4.69, 9.17) is 9.47 Å². The van der Waals surface area contributed by atoms with Crippen molar-refractivity contribution in [3.05, 3.63) is 89.5 Å². The molecule has 3 amide bonds. The molecule has 6 rings (SSSR count). The van der Waals surface area contributed by atoms with Crippen LogP contribution in [0.3, 0.4) is 0 Å². The van der Waals surface area contributed by atoms with Crippen molar-refractivity contribution in [3.63, 3.8) is 0 Å². The maximum atomic E-state index is 14.8. The zero-order valence-electron chi connectivity index (χ0n) is 26.4. The minimum Gasteiger partial charge on any atom is -0.463 e. The number of ether oxygens (including phenoxy) is 2. The zero-order chi connectivity index (χ0) is 32.6. The van der Waals surface area contributed by atoms with Crippen LogP contribution in [0.2, 0.25) is 0 Å². The van der Waals surface area contributed by atoms with Crippen molar-refractivity contribution in [2.75, 3.05) is 24.7 Å². The second-order valence-electron chi connectivity index (χ2n) is 12.5. The Balaban J connectivity index is 1.47. The number of aryl methyl sites for hydroxylation is 2. The molecule has 2 N–H and O–H groups in total. The molecule has 10 heteroatoms. The van der Waals surface area contributed by atoms with Gasteiger partial charge in [0.05, 0.1) is 36.6 Å². The second-order valence-corrected chi connectivity index (χ2v) is 12.5. The van der Waals surface area contributed by atoms with E-state index in [1.807, 2.05) is 75.4 Å². The average molecular weight is 628 g/mol. The minimum atomic E-state index is -1.46. The van der Waals surface area contributed by atoms with Crippen molar-refractivity contribution < 1.29 is 33.8 Å². The lowest BCUT2D eigenvalue weighted by Crippen LogP contribution is -2.58. The number of likely N-dealkylation sites (tertiary alicyclic amines) is 1. The normalized spacial score (nSPS) is 31.1. The summed E-state index contributed by atoms with van der Waals surface area (Å²) in [6.45, 7) is 5.59. The highest BCUT2D eigenvalue weighted by atomic mass is 16.5. The number of carbonyl (C=O) groups is 4. The number of nitrogens with one attached hydrogen (secondary N) is 1. The molecule has 2 aromatic rings. The fourth-order valence-electron chi connectivity index (χ4n) is 7.62. The molecule has 242 valence electrons. The highest BCUT2D eigenvalue weighted by Gasteiger charge is 2.72. The molecule has 0 saturated carbocycles. The largest absolute Gasteiger partial charge is 0.463 e. The maximum Gasteiger partial charge on any atom is 0.306 e. The summed E-state index contributed by atoms with van der Waals surface area (Å²) in [6.07, 6.45) is 7.21. The molecule has 4 aliphatic rings. The van der Waals surface area contributed by atoms with Crippen molar-refractivity contribution in [2.24, 2.45) is 11.8 Å². The predicted octanol–water partition coefficient (Wildman–Crippen LogP) is 3.31. The molecular weight excluding hydrogens is 586 g/mol. The molecule has 0 aliphatic carbocycles. The molecule has 46 heavy (non-hydrogen) atoms. The molecule has 0 radical (unpaired) electrons. The Morgan fingerprint density at radius 3 is 2.43 bits per heavy atom. The van der Waals surface area contributed by atoms with Crippen LogP contribution < -0.4 is 10.2 Å². The van der Waals surface area contributed by atoms with E-state index in [1.165, 1.54) is 4.90 Å². The number of esters is 1. The fourth-order valence-corrected chi connectivity index (χ4v) is 7.62. The molecule has 2 saturated heterocycles. The Hall–Kier alpha value is -4.28. The Kier molecular flexibility index (Phi) is 8.85. The van der Waals surface area contributed by atoms with Gasteiger partial charge >= 0.3 is 5.97 Å². The lowest BCUT2D eigenvalue weighted by atomic mass is 9.77. The lowest BCUT2D eigenvalue weighted by molar-refractivity contribution is -0.146. The van der Waals surface area contributed by atoms with Crippen LogP contribution in [0.25, 0.3) is 0 Å². The Labute approximate surface area is 269 Å².